The summed E-state index contributed by atoms with van der Waals surface area (Å²) in [5.74, 6) is -0.196. The third-order valence-electron chi connectivity index (χ3n) is 4.56. The second-order valence-corrected chi connectivity index (χ2v) is 7.22. The van der Waals surface area contributed by atoms with Crippen molar-refractivity contribution in [3.05, 3.63) is 61.8 Å². The van der Waals surface area contributed by atoms with Gasteiger partial charge in [-0.05, 0) is 56.4 Å². The number of likely N-dealkylation sites (tertiary alicyclic amines) is 1. The Bertz CT molecular complexity index is 755. The van der Waals surface area contributed by atoms with E-state index in [4.69, 9.17) is 0 Å². The van der Waals surface area contributed by atoms with Gasteiger partial charge in [0.05, 0.1) is 11.0 Å². The molecule has 1 unspecified atom stereocenters. The van der Waals surface area contributed by atoms with Crippen LogP contribution in [-0.4, -0.2) is 35.4 Å². The Labute approximate surface area is 150 Å². The summed E-state index contributed by atoms with van der Waals surface area (Å²) in [5.41, 5.74) is 0.978. The normalized spacial score (nSPS) is 15.9. The van der Waals surface area contributed by atoms with Gasteiger partial charge in [-0.2, -0.15) is 0 Å². The van der Waals surface area contributed by atoms with Crippen LogP contribution < -0.4 is 5.32 Å². The molecule has 1 saturated heterocycles. The molecule has 0 aliphatic carbocycles. The number of carbonyl (C=O) groups excluding carboxylic acids is 1. The number of nitrogens with zero attached hydrogens (tertiary/aromatic N) is 2. The Morgan fingerprint density at radius 1 is 1.36 bits per heavy atom. The van der Waals surface area contributed by atoms with E-state index in [1.54, 1.807) is 24.3 Å². The van der Waals surface area contributed by atoms with E-state index in [1.807, 2.05) is 6.07 Å². The summed E-state index contributed by atoms with van der Waals surface area (Å²) in [5, 5.41) is 15.9. The molecule has 6 nitrogen and oxygen atoms in total. The molecule has 1 aromatic heterocycles. The molecule has 1 N–H and O–H groups in total. The fraction of sp³-hybridized carbons (Fsp3) is 0.389. The first-order valence-corrected chi connectivity index (χ1v) is 9.25. The van der Waals surface area contributed by atoms with E-state index in [9.17, 15) is 14.9 Å². The maximum absolute atomic E-state index is 12.5. The molecule has 1 atom stereocenters. The van der Waals surface area contributed by atoms with Crippen molar-refractivity contribution in [2.75, 3.05) is 19.6 Å². The van der Waals surface area contributed by atoms with Gasteiger partial charge in [-0.15, -0.1) is 11.3 Å². The summed E-state index contributed by atoms with van der Waals surface area (Å²) in [6.45, 7) is 4.28. The van der Waals surface area contributed by atoms with Crippen LogP contribution >= 0.6 is 11.3 Å². The molecule has 0 spiro atoms. The number of benzene rings is 1. The van der Waals surface area contributed by atoms with E-state index >= 15 is 0 Å². The van der Waals surface area contributed by atoms with Crippen molar-refractivity contribution in [2.45, 2.75) is 25.8 Å². The minimum absolute atomic E-state index is 0.0325. The van der Waals surface area contributed by atoms with Gasteiger partial charge in [0.25, 0.3) is 11.6 Å². The minimum atomic E-state index is -0.433. The van der Waals surface area contributed by atoms with Crippen molar-refractivity contribution in [3.8, 4) is 0 Å². The molecule has 0 bridgehead atoms. The number of hydrogen-bond acceptors (Lipinski definition) is 5. The zero-order valence-electron chi connectivity index (χ0n) is 14.1. The van der Waals surface area contributed by atoms with Gasteiger partial charge < -0.3 is 5.32 Å². The largest absolute Gasteiger partial charge is 0.350 e. The lowest BCUT2D eigenvalue weighted by Crippen LogP contribution is -2.36. The van der Waals surface area contributed by atoms with Gasteiger partial charge in [0.2, 0.25) is 0 Å². The molecule has 1 fully saturated rings. The Kier molecular flexibility index (Phi) is 5.45. The highest BCUT2D eigenvalue weighted by molar-refractivity contribution is 7.10. The summed E-state index contributed by atoms with van der Waals surface area (Å²) >= 11 is 1.71. The maximum atomic E-state index is 12.5. The number of nitro benzene ring substituents is 1. The van der Waals surface area contributed by atoms with Gasteiger partial charge in [0, 0.05) is 28.6 Å². The van der Waals surface area contributed by atoms with E-state index in [2.05, 4.69) is 21.7 Å². The second kappa shape index (κ2) is 7.76. The zero-order valence-corrected chi connectivity index (χ0v) is 14.9. The first-order valence-electron chi connectivity index (χ1n) is 8.37. The van der Waals surface area contributed by atoms with Crippen LogP contribution in [0.5, 0.6) is 0 Å². The first kappa shape index (κ1) is 17.6. The molecule has 7 heteroatoms. The van der Waals surface area contributed by atoms with E-state index in [0.29, 0.717) is 17.7 Å². The van der Waals surface area contributed by atoms with Crippen LogP contribution in [0.4, 0.5) is 5.69 Å². The van der Waals surface area contributed by atoms with Crippen LogP contribution in [0.25, 0.3) is 0 Å². The highest BCUT2D eigenvalue weighted by atomic mass is 32.1. The molecule has 1 aromatic carbocycles. The fourth-order valence-electron chi connectivity index (χ4n) is 3.24. The van der Waals surface area contributed by atoms with Gasteiger partial charge in [0.15, 0.2) is 0 Å². The topological polar surface area (TPSA) is 75.5 Å². The molecular formula is C18H21N3O3S. The molecule has 0 saturated carbocycles. The van der Waals surface area contributed by atoms with Gasteiger partial charge >= 0.3 is 0 Å². The predicted octanol–water partition coefficient (Wildman–Crippen LogP) is 3.53. The number of rotatable bonds is 6. The predicted molar refractivity (Wildman–Crippen MR) is 98.0 cm³/mol. The highest BCUT2D eigenvalue weighted by Gasteiger charge is 2.25. The van der Waals surface area contributed by atoms with Crippen molar-refractivity contribution in [3.63, 3.8) is 0 Å². The van der Waals surface area contributed by atoms with Gasteiger partial charge in [-0.3, -0.25) is 19.8 Å². The summed E-state index contributed by atoms with van der Waals surface area (Å²) in [7, 11) is 0. The number of nitro groups is 1. The van der Waals surface area contributed by atoms with Crippen molar-refractivity contribution < 1.29 is 9.72 Å². The van der Waals surface area contributed by atoms with Crippen LogP contribution in [0.15, 0.2) is 35.7 Å². The fourth-order valence-corrected chi connectivity index (χ4v) is 4.10. The summed E-state index contributed by atoms with van der Waals surface area (Å²) in [4.78, 5) is 26.6. The quantitative estimate of drug-likeness (QED) is 0.632. The zero-order chi connectivity index (χ0) is 17.8. The third-order valence-corrected chi connectivity index (χ3v) is 5.54. The van der Waals surface area contributed by atoms with Crippen LogP contribution in [0.2, 0.25) is 0 Å². The number of hydrogen-bond donors (Lipinski definition) is 1. The lowest BCUT2D eigenvalue weighted by Gasteiger charge is -2.27. The molecule has 2 heterocycles. The average molecular weight is 359 g/mol. The molecule has 3 rings (SSSR count). The molecule has 2 aromatic rings. The molecule has 132 valence electrons. The van der Waals surface area contributed by atoms with E-state index < -0.39 is 4.92 Å². The lowest BCUT2D eigenvalue weighted by atomic mass is 10.1. The number of carbonyl (C=O) groups is 1. The van der Waals surface area contributed by atoms with Crippen molar-refractivity contribution in [1.29, 1.82) is 0 Å². The molecular weight excluding hydrogens is 338 g/mol. The van der Waals surface area contributed by atoms with Crippen LogP contribution in [-0.2, 0) is 0 Å². The molecule has 0 radical (unpaired) electrons. The summed E-state index contributed by atoms with van der Waals surface area (Å²) < 4.78 is 0. The monoisotopic (exact) mass is 359 g/mol. The van der Waals surface area contributed by atoms with Crippen LogP contribution in [0, 0.1) is 17.0 Å². The Hall–Kier alpha value is -2.25. The van der Waals surface area contributed by atoms with Gasteiger partial charge in [-0.1, -0.05) is 6.07 Å². The van der Waals surface area contributed by atoms with E-state index in [0.717, 1.165) is 13.1 Å². The van der Waals surface area contributed by atoms with Crippen LogP contribution in [0.1, 0.15) is 39.7 Å². The SMILES string of the molecule is Cc1cc(C(=O)NCC(c2cccs2)N2CCCC2)ccc1[N+](=O)[O-]. The molecule has 1 aliphatic rings. The second-order valence-electron chi connectivity index (χ2n) is 6.24. The van der Waals surface area contributed by atoms with Crippen molar-refractivity contribution >= 4 is 22.9 Å². The van der Waals surface area contributed by atoms with Crippen molar-refractivity contribution in [1.82, 2.24) is 10.2 Å². The molecule has 25 heavy (non-hydrogen) atoms. The summed E-state index contributed by atoms with van der Waals surface area (Å²) in [6, 6.07) is 8.80. The van der Waals surface area contributed by atoms with Gasteiger partial charge in [0.1, 0.15) is 0 Å². The summed E-state index contributed by atoms with van der Waals surface area (Å²) in [6.07, 6.45) is 2.38. The first-order chi connectivity index (χ1) is 12.1. The number of nitrogens with one attached hydrogen (secondary N) is 1. The van der Waals surface area contributed by atoms with Crippen molar-refractivity contribution in [2.24, 2.45) is 0 Å². The highest BCUT2D eigenvalue weighted by Crippen LogP contribution is 2.28. The number of amides is 1. The maximum Gasteiger partial charge on any atom is 0.272 e. The molecule has 1 aliphatic heterocycles. The Balaban J connectivity index is 1.69. The minimum Gasteiger partial charge on any atom is -0.350 e. The number of thiophene rings is 1. The average Bonchev–Trinajstić information content (AvgIpc) is 3.28. The van der Waals surface area contributed by atoms with Gasteiger partial charge in [-0.25, -0.2) is 0 Å². The number of aryl methyl sites for hydroxylation is 1. The third kappa shape index (κ3) is 4.05. The smallest absolute Gasteiger partial charge is 0.272 e. The standard InChI is InChI=1S/C18H21N3O3S/c1-13-11-14(6-7-15(13)21(23)24)18(22)19-12-16(17-5-4-10-25-17)20-8-2-3-9-20/h4-7,10-11,16H,2-3,8-9,12H2,1H3,(H,19,22). The molecule has 1 amide bonds. The lowest BCUT2D eigenvalue weighted by molar-refractivity contribution is -0.385. The Morgan fingerprint density at radius 2 is 2.12 bits per heavy atom. The van der Waals surface area contributed by atoms with E-state index in [1.165, 1.54) is 29.9 Å². The van der Waals surface area contributed by atoms with E-state index in [-0.39, 0.29) is 17.6 Å². The van der Waals surface area contributed by atoms with Crippen LogP contribution in [0.3, 0.4) is 0 Å². The Morgan fingerprint density at radius 3 is 2.72 bits per heavy atom.